The summed E-state index contributed by atoms with van der Waals surface area (Å²) in [5.74, 6) is 1.49. The molecule has 7 nitrogen and oxygen atoms in total. The highest BCUT2D eigenvalue weighted by Gasteiger charge is 2.57. The van der Waals surface area contributed by atoms with Gasteiger partial charge in [0.2, 0.25) is 11.9 Å². The fourth-order valence-corrected chi connectivity index (χ4v) is 8.81. The lowest BCUT2D eigenvalue weighted by atomic mass is 9.48. The quantitative estimate of drug-likeness (QED) is 0.569. The largest absolute Gasteiger partial charge is 0.326 e. The van der Waals surface area contributed by atoms with Gasteiger partial charge in [-0.1, -0.05) is 15.9 Å². The van der Waals surface area contributed by atoms with Crippen molar-refractivity contribution in [2.24, 2.45) is 17.3 Å². The number of benzene rings is 1. The first-order chi connectivity index (χ1) is 14.7. The van der Waals surface area contributed by atoms with Crippen LogP contribution in [-0.2, 0) is 14.8 Å². The van der Waals surface area contributed by atoms with Gasteiger partial charge in [-0.2, -0.15) is 0 Å². The lowest BCUT2D eigenvalue weighted by Gasteiger charge is -2.60. The van der Waals surface area contributed by atoms with Crippen LogP contribution in [0.5, 0.6) is 0 Å². The molecule has 1 amide bonds. The molecule has 4 saturated carbocycles. The summed E-state index contributed by atoms with van der Waals surface area (Å²) < 4.78 is 27.6. The lowest BCUT2D eigenvalue weighted by Crippen LogP contribution is -2.53. The van der Waals surface area contributed by atoms with E-state index in [9.17, 15) is 13.2 Å². The molecule has 1 aromatic heterocycles. The van der Waals surface area contributed by atoms with E-state index in [0.29, 0.717) is 12.1 Å². The molecule has 31 heavy (non-hydrogen) atoms. The van der Waals surface area contributed by atoms with Crippen LogP contribution in [0.2, 0.25) is 0 Å². The summed E-state index contributed by atoms with van der Waals surface area (Å²) >= 11 is 4.00. The van der Waals surface area contributed by atoms with Gasteiger partial charge >= 0.3 is 0 Å². The first-order valence-electron chi connectivity index (χ1n) is 10.6. The second-order valence-electron chi connectivity index (χ2n) is 9.54. The number of sulfonamides is 1. The van der Waals surface area contributed by atoms with Crippen LogP contribution in [-0.4, -0.2) is 28.6 Å². The number of amides is 1. The maximum Gasteiger partial charge on any atom is 0.264 e. The Hall–Kier alpha value is -2.00. The second kappa shape index (κ2) is 7.55. The van der Waals surface area contributed by atoms with E-state index in [4.69, 9.17) is 0 Å². The van der Waals surface area contributed by atoms with Crippen LogP contribution in [0.25, 0.3) is 0 Å². The molecule has 0 saturated heterocycles. The molecule has 0 radical (unpaired) electrons. The molecule has 9 heteroatoms. The minimum absolute atomic E-state index is 0.00414. The molecule has 2 unspecified atom stereocenters. The van der Waals surface area contributed by atoms with Crippen molar-refractivity contribution < 1.29 is 13.2 Å². The third-order valence-electron chi connectivity index (χ3n) is 6.89. The van der Waals surface area contributed by atoms with Gasteiger partial charge in [0.1, 0.15) is 0 Å². The van der Waals surface area contributed by atoms with Crippen LogP contribution >= 0.6 is 15.9 Å². The first kappa shape index (κ1) is 20.9. The number of aromatic nitrogens is 2. The van der Waals surface area contributed by atoms with E-state index in [0.717, 1.165) is 31.1 Å². The minimum atomic E-state index is -3.79. The molecular formula is C22H25BrN4O3S. The monoisotopic (exact) mass is 504 g/mol. The zero-order valence-electron chi connectivity index (χ0n) is 17.1. The summed E-state index contributed by atoms with van der Waals surface area (Å²) in [4.78, 5) is 20.7. The normalized spacial score (nSPS) is 31.4. The fourth-order valence-electron chi connectivity index (χ4n) is 6.34. The molecule has 4 fully saturated rings. The Bertz CT molecular complexity index is 1080. The van der Waals surface area contributed by atoms with Crippen molar-refractivity contribution in [1.82, 2.24) is 9.97 Å². The summed E-state index contributed by atoms with van der Waals surface area (Å²) in [7, 11) is -3.79. The molecule has 0 spiro atoms. The van der Waals surface area contributed by atoms with E-state index in [1.807, 2.05) is 0 Å². The number of hydrogen-bond acceptors (Lipinski definition) is 5. The van der Waals surface area contributed by atoms with E-state index in [1.165, 1.54) is 43.8 Å². The summed E-state index contributed by atoms with van der Waals surface area (Å²) in [6.07, 6.45) is 10.6. The van der Waals surface area contributed by atoms with Crippen LogP contribution < -0.4 is 10.0 Å². The second-order valence-corrected chi connectivity index (χ2v) is 12.9. The molecule has 2 aromatic rings. The zero-order chi connectivity index (χ0) is 21.7. The van der Waals surface area contributed by atoms with Gasteiger partial charge in [-0.3, -0.25) is 4.79 Å². The number of alkyl halides is 1. The average molecular weight is 505 g/mol. The summed E-state index contributed by atoms with van der Waals surface area (Å²) in [6.45, 7) is 0. The molecule has 2 N–H and O–H groups in total. The summed E-state index contributed by atoms with van der Waals surface area (Å²) in [6, 6.07) is 7.78. The van der Waals surface area contributed by atoms with Crippen molar-refractivity contribution >= 4 is 43.5 Å². The minimum Gasteiger partial charge on any atom is -0.326 e. The van der Waals surface area contributed by atoms with Crippen LogP contribution in [0.1, 0.15) is 44.9 Å². The Labute approximate surface area is 190 Å². The number of halogens is 1. The molecule has 4 aliphatic rings. The Morgan fingerprint density at radius 1 is 1.06 bits per heavy atom. The number of rotatable bonds is 6. The van der Waals surface area contributed by atoms with E-state index >= 15 is 0 Å². The van der Waals surface area contributed by atoms with Gasteiger partial charge in [-0.25, -0.2) is 23.1 Å². The highest BCUT2D eigenvalue weighted by Crippen LogP contribution is 2.65. The SMILES string of the molecule is O=C(CC12CC3CC(CC(Br)(C3)C1)C2)Nc1ccc(S(=O)(=O)Nc2ncccn2)cc1. The highest BCUT2D eigenvalue weighted by molar-refractivity contribution is 9.10. The van der Waals surface area contributed by atoms with Crippen LogP contribution in [0, 0.1) is 17.3 Å². The maximum absolute atomic E-state index is 12.9. The fraction of sp³-hybridized carbons (Fsp3) is 0.500. The molecule has 4 bridgehead atoms. The topological polar surface area (TPSA) is 101 Å². The summed E-state index contributed by atoms with van der Waals surface area (Å²) in [5.41, 5.74) is 0.693. The number of anilines is 2. The Kier molecular flexibility index (Phi) is 5.08. The molecular weight excluding hydrogens is 480 g/mol. The van der Waals surface area contributed by atoms with Gasteiger partial charge in [0.05, 0.1) is 4.90 Å². The smallest absolute Gasteiger partial charge is 0.264 e. The molecule has 1 aromatic carbocycles. The van der Waals surface area contributed by atoms with Gasteiger partial charge in [0.15, 0.2) is 0 Å². The third kappa shape index (κ3) is 4.35. The zero-order valence-corrected chi connectivity index (χ0v) is 19.5. The Morgan fingerprint density at radius 3 is 2.32 bits per heavy atom. The van der Waals surface area contributed by atoms with Crippen molar-refractivity contribution in [1.29, 1.82) is 0 Å². The maximum atomic E-state index is 12.9. The van der Waals surface area contributed by atoms with Gasteiger partial charge < -0.3 is 5.32 Å². The van der Waals surface area contributed by atoms with Crippen LogP contribution in [0.15, 0.2) is 47.6 Å². The Morgan fingerprint density at radius 2 is 1.71 bits per heavy atom. The predicted octanol–water partition coefficient (Wildman–Crippen LogP) is 4.34. The molecule has 164 valence electrons. The van der Waals surface area contributed by atoms with Gasteiger partial charge in [0, 0.05) is 28.8 Å². The van der Waals surface area contributed by atoms with Gasteiger partial charge in [-0.05, 0) is 86.1 Å². The highest BCUT2D eigenvalue weighted by atomic mass is 79.9. The first-order valence-corrected chi connectivity index (χ1v) is 12.9. The molecule has 2 atom stereocenters. The molecule has 4 aliphatic carbocycles. The number of hydrogen-bond donors (Lipinski definition) is 2. The van der Waals surface area contributed by atoms with Crippen molar-refractivity contribution in [3.63, 3.8) is 0 Å². The van der Waals surface area contributed by atoms with E-state index in [1.54, 1.807) is 18.2 Å². The van der Waals surface area contributed by atoms with Gasteiger partial charge in [0.25, 0.3) is 10.0 Å². The van der Waals surface area contributed by atoms with Crippen LogP contribution in [0.4, 0.5) is 11.6 Å². The number of nitrogens with zero attached hydrogens (tertiary/aromatic N) is 2. The third-order valence-corrected chi connectivity index (χ3v) is 9.16. The molecule has 0 aliphatic heterocycles. The number of nitrogens with one attached hydrogen (secondary N) is 2. The summed E-state index contributed by atoms with van der Waals surface area (Å²) in [5, 5.41) is 2.96. The van der Waals surface area contributed by atoms with Crippen molar-refractivity contribution in [3.8, 4) is 0 Å². The standard InChI is InChI=1S/C22H25BrN4O3S/c23-22-11-15-8-16(12-22)10-21(9-15,14-22)13-19(28)26-17-2-4-18(5-3-17)31(29,30)27-20-24-6-1-7-25-20/h1-7,15-16H,8-14H2,(H,26,28)(H,24,25,27). The molecule has 6 rings (SSSR count). The van der Waals surface area contributed by atoms with E-state index < -0.39 is 10.0 Å². The average Bonchev–Trinajstić information content (AvgIpc) is 2.66. The van der Waals surface area contributed by atoms with E-state index in [2.05, 4.69) is 35.9 Å². The molecule has 1 heterocycles. The lowest BCUT2D eigenvalue weighted by molar-refractivity contribution is -0.123. The van der Waals surface area contributed by atoms with Crippen LogP contribution in [0.3, 0.4) is 0 Å². The van der Waals surface area contributed by atoms with Crippen molar-refractivity contribution in [2.45, 2.75) is 54.2 Å². The van der Waals surface area contributed by atoms with E-state index in [-0.39, 0.29) is 26.5 Å². The predicted molar refractivity (Wildman–Crippen MR) is 121 cm³/mol. The number of carbonyl (C=O) groups excluding carboxylic acids is 1. The number of carbonyl (C=O) groups is 1. The van der Waals surface area contributed by atoms with Gasteiger partial charge in [-0.15, -0.1) is 0 Å². The Balaban J connectivity index is 1.23. The van der Waals surface area contributed by atoms with Crippen molar-refractivity contribution in [3.05, 3.63) is 42.7 Å². The van der Waals surface area contributed by atoms with Crippen molar-refractivity contribution in [2.75, 3.05) is 10.0 Å².